The first-order chi connectivity index (χ1) is 8.99. The minimum atomic E-state index is -3.93. The summed E-state index contributed by atoms with van der Waals surface area (Å²) in [7, 11) is -3.93. The van der Waals surface area contributed by atoms with Crippen molar-refractivity contribution in [3.63, 3.8) is 0 Å². The van der Waals surface area contributed by atoms with Crippen LogP contribution in [0.4, 0.5) is 0 Å². The van der Waals surface area contributed by atoms with Gasteiger partial charge in [-0.25, -0.2) is 0 Å². The average molecular weight is 277 g/mol. The Morgan fingerprint density at radius 1 is 1.11 bits per heavy atom. The van der Waals surface area contributed by atoms with Crippen LogP contribution in [0.25, 0.3) is 0 Å². The van der Waals surface area contributed by atoms with Crippen molar-refractivity contribution in [2.45, 2.75) is 11.8 Å². The zero-order valence-electron chi connectivity index (χ0n) is 10.1. The van der Waals surface area contributed by atoms with E-state index >= 15 is 0 Å². The highest BCUT2D eigenvalue weighted by Crippen LogP contribution is 2.13. The number of allylic oxidation sites excluding steroid dienone is 4. The molecule has 1 aromatic rings. The maximum absolute atomic E-state index is 11.8. The zero-order valence-corrected chi connectivity index (χ0v) is 10.9. The topological polar surface area (TPSA) is 72.8 Å². The van der Waals surface area contributed by atoms with Crippen molar-refractivity contribution >= 4 is 21.6 Å². The van der Waals surface area contributed by atoms with Gasteiger partial charge >= 0.3 is 10.1 Å². The van der Waals surface area contributed by atoms with Gasteiger partial charge in [0, 0.05) is 0 Å². The van der Waals surface area contributed by atoms with E-state index in [0.717, 1.165) is 0 Å². The number of rotatable bonds is 3. The second kappa shape index (κ2) is 5.19. The number of carbonyl (C=O) groups excluding carboxylic acids is 1. The molecule has 0 aromatic heterocycles. The highest BCUT2D eigenvalue weighted by atomic mass is 32.2. The zero-order chi connectivity index (χ0) is 13.9. The standard InChI is InChI=1S/C13H11NO4S/c1-10-9-11(7-8-13(10)15)14-18-19(16,17)12-5-3-2-4-6-12/h2-9H,1H3/b14-11+. The van der Waals surface area contributed by atoms with Crippen LogP contribution in [-0.2, 0) is 19.2 Å². The maximum Gasteiger partial charge on any atom is 0.358 e. The van der Waals surface area contributed by atoms with Crippen LogP contribution in [0, 0.1) is 0 Å². The van der Waals surface area contributed by atoms with Crippen LogP contribution in [0.5, 0.6) is 0 Å². The summed E-state index contributed by atoms with van der Waals surface area (Å²) < 4.78 is 28.2. The monoisotopic (exact) mass is 277 g/mol. The summed E-state index contributed by atoms with van der Waals surface area (Å²) in [5.74, 6) is -0.134. The summed E-state index contributed by atoms with van der Waals surface area (Å²) >= 11 is 0. The van der Waals surface area contributed by atoms with E-state index in [1.54, 1.807) is 25.1 Å². The van der Waals surface area contributed by atoms with Crippen molar-refractivity contribution in [3.05, 3.63) is 54.1 Å². The second-order valence-electron chi connectivity index (χ2n) is 3.88. The SMILES string of the molecule is CC1=C/C(=N/OS(=O)(=O)c2ccccc2)C=CC1=O. The summed E-state index contributed by atoms with van der Waals surface area (Å²) in [6, 6.07) is 7.71. The van der Waals surface area contributed by atoms with Crippen molar-refractivity contribution in [2.24, 2.45) is 5.16 Å². The molecule has 0 atom stereocenters. The number of hydrogen-bond acceptors (Lipinski definition) is 5. The smallest absolute Gasteiger partial charge is 0.290 e. The Balaban J connectivity index is 2.20. The van der Waals surface area contributed by atoms with Crippen LogP contribution >= 0.6 is 0 Å². The van der Waals surface area contributed by atoms with Crippen molar-refractivity contribution in [1.82, 2.24) is 0 Å². The molecule has 1 aromatic carbocycles. The van der Waals surface area contributed by atoms with Crippen molar-refractivity contribution in [3.8, 4) is 0 Å². The molecule has 6 heteroatoms. The Hall–Kier alpha value is -2.21. The van der Waals surface area contributed by atoms with E-state index in [1.165, 1.54) is 30.4 Å². The normalized spacial score (nSPS) is 17.4. The van der Waals surface area contributed by atoms with Crippen molar-refractivity contribution in [2.75, 3.05) is 0 Å². The van der Waals surface area contributed by atoms with Crippen LogP contribution in [0.1, 0.15) is 6.92 Å². The molecule has 0 N–H and O–H groups in total. The van der Waals surface area contributed by atoms with Gasteiger partial charge < -0.3 is 0 Å². The third-order valence-electron chi connectivity index (χ3n) is 2.43. The van der Waals surface area contributed by atoms with Gasteiger partial charge in [-0.1, -0.05) is 23.4 Å². The van der Waals surface area contributed by atoms with Crippen LogP contribution in [0.2, 0.25) is 0 Å². The third kappa shape index (κ3) is 3.17. The second-order valence-corrected chi connectivity index (χ2v) is 5.41. The first-order valence-corrected chi connectivity index (χ1v) is 6.87. The van der Waals surface area contributed by atoms with Gasteiger partial charge in [0.25, 0.3) is 0 Å². The summed E-state index contributed by atoms with van der Waals surface area (Å²) in [5.41, 5.74) is 0.749. The highest BCUT2D eigenvalue weighted by Gasteiger charge is 2.15. The summed E-state index contributed by atoms with van der Waals surface area (Å²) in [6.07, 6.45) is 4.17. The Kier molecular flexibility index (Phi) is 3.62. The number of oxime groups is 1. The fourth-order valence-electron chi connectivity index (χ4n) is 1.41. The van der Waals surface area contributed by atoms with Gasteiger partial charge in [-0.3, -0.25) is 9.08 Å². The molecule has 0 saturated carbocycles. The Labute approximate surface area is 111 Å². The molecule has 0 aliphatic heterocycles. The molecule has 2 rings (SSSR count). The van der Waals surface area contributed by atoms with Crippen molar-refractivity contribution in [1.29, 1.82) is 0 Å². The molecule has 0 fully saturated rings. The summed E-state index contributed by atoms with van der Waals surface area (Å²) in [6.45, 7) is 1.62. The van der Waals surface area contributed by atoms with Crippen LogP contribution in [-0.4, -0.2) is 19.9 Å². The molecule has 1 aliphatic carbocycles. The maximum atomic E-state index is 11.8. The molecule has 5 nitrogen and oxygen atoms in total. The number of nitrogens with zero attached hydrogens (tertiary/aromatic N) is 1. The Bertz CT molecular complexity index is 685. The van der Waals surface area contributed by atoms with Crippen LogP contribution < -0.4 is 0 Å². The number of carbonyl (C=O) groups is 1. The lowest BCUT2D eigenvalue weighted by atomic mass is 10.1. The molecule has 19 heavy (non-hydrogen) atoms. The quantitative estimate of drug-likeness (QED) is 0.624. The van der Waals surface area contributed by atoms with Gasteiger partial charge in [-0.05, 0) is 42.9 Å². The molecule has 0 spiro atoms. The van der Waals surface area contributed by atoms with E-state index in [2.05, 4.69) is 9.44 Å². The van der Waals surface area contributed by atoms with E-state index in [0.29, 0.717) is 5.57 Å². The van der Waals surface area contributed by atoms with E-state index in [1.807, 2.05) is 0 Å². The minimum Gasteiger partial charge on any atom is -0.290 e. The number of benzene rings is 1. The van der Waals surface area contributed by atoms with E-state index in [4.69, 9.17) is 0 Å². The van der Waals surface area contributed by atoms with E-state index in [-0.39, 0.29) is 16.4 Å². The molecule has 0 bridgehead atoms. The molecule has 0 unspecified atom stereocenters. The molecular formula is C13H11NO4S. The molecule has 1 aliphatic rings. The van der Waals surface area contributed by atoms with Crippen molar-refractivity contribution < 1.29 is 17.5 Å². The lowest BCUT2D eigenvalue weighted by Gasteiger charge is -2.04. The predicted molar refractivity (Wildman–Crippen MR) is 70.1 cm³/mol. The van der Waals surface area contributed by atoms with Gasteiger partial charge in [0.2, 0.25) is 0 Å². The third-order valence-corrected chi connectivity index (χ3v) is 3.55. The fraction of sp³-hybridized carbons (Fsp3) is 0.0769. The van der Waals surface area contributed by atoms with E-state index < -0.39 is 10.1 Å². The Morgan fingerprint density at radius 2 is 1.79 bits per heavy atom. The van der Waals surface area contributed by atoms with Crippen LogP contribution in [0.15, 0.2) is 64.2 Å². The molecule has 0 amide bonds. The minimum absolute atomic E-state index is 0.0240. The van der Waals surface area contributed by atoms with Gasteiger partial charge in [-0.15, -0.1) is 0 Å². The van der Waals surface area contributed by atoms with Gasteiger partial charge in [0.1, 0.15) is 10.6 Å². The first kappa shape index (κ1) is 13.2. The summed E-state index contributed by atoms with van der Waals surface area (Å²) in [5, 5.41) is 3.53. The van der Waals surface area contributed by atoms with Gasteiger partial charge in [-0.2, -0.15) is 8.42 Å². The molecule has 0 heterocycles. The van der Waals surface area contributed by atoms with Crippen LogP contribution in [0.3, 0.4) is 0 Å². The largest absolute Gasteiger partial charge is 0.358 e. The lowest BCUT2D eigenvalue weighted by molar-refractivity contribution is -0.111. The highest BCUT2D eigenvalue weighted by molar-refractivity contribution is 7.86. The van der Waals surface area contributed by atoms with Gasteiger partial charge in [0.15, 0.2) is 5.78 Å². The Morgan fingerprint density at radius 3 is 2.42 bits per heavy atom. The average Bonchev–Trinajstić information content (AvgIpc) is 2.41. The van der Waals surface area contributed by atoms with E-state index in [9.17, 15) is 13.2 Å². The fourth-order valence-corrected chi connectivity index (χ4v) is 2.17. The molecule has 0 radical (unpaired) electrons. The predicted octanol–water partition coefficient (Wildman–Crippen LogP) is 1.83. The molecule has 0 saturated heterocycles. The first-order valence-electron chi connectivity index (χ1n) is 5.46. The number of ketones is 1. The molecule has 98 valence electrons. The molecular weight excluding hydrogens is 266 g/mol. The van der Waals surface area contributed by atoms with Gasteiger partial charge in [0.05, 0.1) is 0 Å². The lowest BCUT2D eigenvalue weighted by Crippen LogP contribution is -2.08. The summed E-state index contributed by atoms with van der Waals surface area (Å²) in [4.78, 5) is 11.2. The number of hydrogen-bond donors (Lipinski definition) is 0.